The van der Waals surface area contributed by atoms with Gasteiger partial charge in [0.05, 0.1) is 12.2 Å². The van der Waals surface area contributed by atoms with Gasteiger partial charge in [-0.05, 0) is 31.0 Å². The molecule has 5 nitrogen and oxygen atoms in total. The molecule has 0 saturated heterocycles. The van der Waals surface area contributed by atoms with Gasteiger partial charge in [-0.15, -0.1) is 11.3 Å². The largest absolute Gasteiger partial charge is 0.462 e. The van der Waals surface area contributed by atoms with E-state index in [1.807, 2.05) is 7.05 Å². The van der Waals surface area contributed by atoms with Gasteiger partial charge < -0.3 is 10.5 Å². The highest BCUT2D eigenvalue weighted by atomic mass is 32.1. The van der Waals surface area contributed by atoms with Crippen LogP contribution in [0, 0.1) is 11.3 Å². The summed E-state index contributed by atoms with van der Waals surface area (Å²) in [5.41, 5.74) is 9.43. The summed E-state index contributed by atoms with van der Waals surface area (Å²) in [5, 5.41) is 9.78. The molecule has 0 spiro atoms. The maximum Gasteiger partial charge on any atom is 0.348 e. The zero-order valence-corrected chi connectivity index (χ0v) is 16.5. The quantitative estimate of drug-likeness (QED) is 0.740. The van der Waals surface area contributed by atoms with E-state index in [0.29, 0.717) is 40.0 Å². The van der Waals surface area contributed by atoms with E-state index >= 15 is 0 Å². The van der Waals surface area contributed by atoms with Crippen molar-refractivity contribution in [3.05, 3.63) is 51.4 Å². The fourth-order valence-electron chi connectivity index (χ4n) is 2.77. The number of nitrogens with zero attached hydrogens (tertiary/aromatic N) is 2. The summed E-state index contributed by atoms with van der Waals surface area (Å²) < 4.78 is 5.10. The average Bonchev–Trinajstić information content (AvgIpc) is 2.91. The number of carbonyl (C=O) groups is 1. The lowest BCUT2D eigenvalue weighted by Gasteiger charge is -2.18. The van der Waals surface area contributed by atoms with E-state index in [4.69, 9.17) is 10.5 Å². The lowest BCUT2D eigenvalue weighted by atomic mass is 10.0. The molecular weight excluding hydrogens is 346 g/mol. The Morgan fingerprint density at radius 1 is 1.31 bits per heavy atom. The monoisotopic (exact) mass is 371 g/mol. The summed E-state index contributed by atoms with van der Waals surface area (Å²) in [7, 11) is 1.96. The SMILES string of the molecule is CCOC(=O)c1sc(N)c(C#N)c1CN(C)Cc1ccc(C(C)C)cc1. The number of benzene rings is 1. The molecule has 2 rings (SSSR count). The fraction of sp³-hybridized carbons (Fsp3) is 0.400. The van der Waals surface area contributed by atoms with Crippen LogP contribution >= 0.6 is 11.3 Å². The number of rotatable bonds is 7. The standard InChI is InChI=1S/C20H25N3O2S/c1-5-25-20(24)18-17(16(10-21)19(22)26-18)12-23(4)11-14-6-8-15(9-7-14)13(2)3/h6-9,13H,5,11-12,22H2,1-4H3. The van der Waals surface area contributed by atoms with E-state index in [-0.39, 0.29) is 6.61 Å². The summed E-state index contributed by atoms with van der Waals surface area (Å²) in [6, 6.07) is 10.6. The lowest BCUT2D eigenvalue weighted by Crippen LogP contribution is -2.19. The number of nitrogen functional groups attached to an aromatic ring is 1. The minimum atomic E-state index is -0.421. The van der Waals surface area contributed by atoms with Crippen molar-refractivity contribution in [1.82, 2.24) is 4.90 Å². The predicted molar refractivity (Wildman–Crippen MR) is 105 cm³/mol. The summed E-state index contributed by atoms with van der Waals surface area (Å²) in [5.74, 6) is 0.0799. The molecule has 1 aromatic carbocycles. The van der Waals surface area contributed by atoms with Crippen LogP contribution in [-0.2, 0) is 17.8 Å². The number of hydrogen-bond acceptors (Lipinski definition) is 6. The number of anilines is 1. The summed E-state index contributed by atoms with van der Waals surface area (Å²) in [6.07, 6.45) is 0. The summed E-state index contributed by atoms with van der Waals surface area (Å²) >= 11 is 1.12. The van der Waals surface area contributed by atoms with Crippen molar-refractivity contribution in [3.63, 3.8) is 0 Å². The van der Waals surface area contributed by atoms with E-state index in [1.54, 1.807) is 6.92 Å². The van der Waals surface area contributed by atoms with Crippen LogP contribution in [0.15, 0.2) is 24.3 Å². The van der Waals surface area contributed by atoms with Gasteiger partial charge in [-0.25, -0.2) is 4.79 Å². The van der Waals surface area contributed by atoms with Crippen LogP contribution in [0.25, 0.3) is 0 Å². The minimum Gasteiger partial charge on any atom is -0.462 e. The van der Waals surface area contributed by atoms with Gasteiger partial charge in [-0.3, -0.25) is 4.90 Å². The molecule has 0 bridgehead atoms. The van der Waals surface area contributed by atoms with E-state index in [0.717, 1.165) is 11.3 Å². The second-order valence-electron chi connectivity index (χ2n) is 6.55. The lowest BCUT2D eigenvalue weighted by molar-refractivity contribution is 0.0530. The van der Waals surface area contributed by atoms with Gasteiger partial charge >= 0.3 is 5.97 Å². The van der Waals surface area contributed by atoms with Crippen LogP contribution in [0.2, 0.25) is 0 Å². The number of nitrogens with two attached hydrogens (primary N) is 1. The van der Waals surface area contributed by atoms with Crippen LogP contribution in [0.1, 0.15) is 58.6 Å². The van der Waals surface area contributed by atoms with Crippen molar-refractivity contribution < 1.29 is 9.53 Å². The number of esters is 1. The molecule has 26 heavy (non-hydrogen) atoms. The van der Waals surface area contributed by atoms with Crippen LogP contribution in [0.3, 0.4) is 0 Å². The average molecular weight is 372 g/mol. The van der Waals surface area contributed by atoms with E-state index in [9.17, 15) is 10.1 Å². The first-order chi connectivity index (χ1) is 12.4. The number of thiophene rings is 1. The highest BCUT2D eigenvalue weighted by Gasteiger charge is 2.23. The van der Waals surface area contributed by atoms with E-state index in [2.05, 4.69) is 49.1 Å². The van der Waals surface area contributed by atoms with Crippen molar-refractivity contribution >= 4 is 22.3 Å². The first-order valence-electron chi connectivity index (χ1n) is 8.63. The summed E-state index contributed by atoms with van der Waals surface area (Å²) in [6.45, 7) is 7.55. The third-order valence-corrected chi connectivity index (χ3v) is 5.18. The van der Waals surface area contributed by atoms with Crippen molar-refractivity contribution in [2.24, 2.45) is 0 Å². The van der Waals surface area contributed by atoms with Crippen molar-refractivity contribution in [3.8, 4) is 6.07 Å². The van der Waals surface area contributed by atoms with Crippen molar-refractivity contribution in [2.45, 2.75) is 39.8 Å². The number of ether oxygens (including phenoxy) is 1. The third-order valence-electron chi connectivity index (χ3n) is 4.13. The molecule has 0 saturated carbocycles. The summed E-state index contributed by atoms with van der Waals surface area (Å²) in [4.78, 5) is 14.7. The Balaban J connectivity index is 2.18. The number of carbonyl (C=O) groups excluding carboxylic acids is 1. The first kappa shape index (κ1) is 20.0. The van der Waals surface area contributed by atoms with Crippen molar-refractivity contribution in [1.29, 1.82) is 5.26 Å². The smallest absolute Gasteiger partial charge is 0.348 e. The fourth-order valence-corrected chi connectivity index (χ4v) is 3.69. The maximum atomic E-state index is 12.2. The van der Waals surface area contributed by atoms with Crippen LogP contribution in [-0.4, -0.2) is 24.5 Å². The number of nitriles is 1. The second-order valence-corrected chi connectivity index (χ2v) is 7.60. The second kappa shape index (κ2) is 8.84. The molecular formula is C20H25N3O2S. The Hall–Kier alpha value is -2.36. The molecule has 0 radical (unpaired) electrons. The Morgan fingerprint density at radius 2 is 1.96 bits per heavy atom. The molecule has 0 aliphatic rings. The van der Waals surface area contributed by atoms with E-state index < -0.39 is 5.97 Å². The van der Waals surface area contributed by atoms with Gasteiger partial charge in [-0.2, -0.15) is 5.26 Å². The van der Waals surface area contributed by atoms with Gasteiger partial charge in [0.2, 0.25) is 0 Å². The van der Waals surface area contributed by atoms with Gasteiger partial charge in [0, 0.05) is 18.7 Å². The van der Waals surface area contributed by atoms with Crippen LogP contribution < -0.4 is 5.73 Å². The highest BCUT2D eigenvalue weighted by molar-refractivity contribution is 7.18. The molecule has 1 aromatic heterocycles. The molecule has 2 N–H and O–H groups in total. The van der Waals surface area contributed by atoms with Gasteiger partial charge in [0.15, 0.2) is 0 Å². The Bertz CT molecular complexity index is 804. The van der Waals surface area contributed by atoms with Gasteiger partial charge in [0.25, 0.3) is 0 Å². The first-order valence-corrected chi connectivity index (χ1v) is 9.44. The Kier molecular flexibility index (Phi) is 6.78. The zero-order chi connectivity index (χ0) is 19.3. The molecule has 0 aliphatic heterocycles. The van der Waals surface area contributed by atoms with Gasteiger partial charge in [-0.1, -0.05) is 38.1 Å². The molecule has 6 heteroatoms. The molecule has 0 aliphatic carbocycles. The highest BCUT2D eigenvalue weighted by Crippen LogP contribution is 2.32. The van der Waals surface area contributed by atoms with Crippen LogP contribution in [0.4, 0.5) is 5.00 Å². The molecule has 0 fully saturated rings. The third kappa shape index (κ3) is 4.63. The zero-order valence-electron chi connectivity index (χ0n) is 15.7. The predicted octanol–water partition coefficient (Wildman–Crippen LogP) is 4.13. The minimum absolute atomic E-state index is 0.288. The maximum absolute atomic E-state index is 12.2. The topological polar surface area (TPSA) is 79.3 Å². The van der Waals surface area contributed by atoms with Crippen molar-refractivity contribution in [2.75, 3.05) is 19.4 Å². The molecule has 0 atom stereocenters. The molecule has 2 aromatic rings. The van der Waals surface area contributed by atoms with Gasteiger partial charge in [0.1, 0.15) is 15.9 Å². The molecule has 138 valence electrons. The molecule has 0 unspecified atom stereocenters. The Morgan fingerprint density at radius 3 is 2.50 bits per heavy atom. The Labute approximate surface area is 159 Å². The normalized spacial score (nSPS) is 11.0. The molecule has 0 amide bonds. The molecule has 1 heterocycles. The number of hydrogen-bond donors (Lipinski definition) is 1. The van der Waals surface area contributed by atoms with E-state index in [1.165, 1.54) is 11.1 Å². The van der Waals surface area contributed by atoms with Crippen LogP contribution in [0.5, 0.6) is 0 Å².